The number of nitrogens with one attached hydrogen (secondary N) is 1. The molecule has 4 rings (SSSR count). The van der Waals surface area contributed by atoms with Crippen molar-refractivity contribution in [2.45, 2.75) is 30.5 Å². The van der Waals surface area contributed by atoms with Crippen LogP contribution in [0.15, 0.2) is 33.9 Å². The highest BCUT2D eigenvalue weighted by molar-refractivity contribution is 7.99. The molecule has 1 aliphatic heterocycles. The molecule has 7 nitrogen and oxygen atoms in total. The summed E-state index contributed by atoms with van der Waals surface area (Å²) in [7, 11) is 0. The summed E-state index contributed by atoms with van der Waals surface area (Å²) in [6.07, 6.45) is 2.24. The third-order valence-electron chi connectivity index (χ3n) is 4.42. The summed E-state index contributed by atoms with van der Waals surface area (Å²) >= 11 is 1.27. The minimum absolute atomic E-state index is 0.0814. The summed E-state index contributed by atoms with van der Waals surface area (Å²) in [4.78, 5) is 14.5. The SMILES string of the molecule is O=C(CSc1nnc(C2CC2)o1)Nc1ccc(CN2CCOCC2)cc1. The summed E-state index contributed by atoms with van der Waals surface area (Å²) in [6, 6.07) is 7.99. The molecule has 0 unspecified atom stereocenters. The lowest BCUT2D eigenvalue weighted by atomic mass is 10.2. The van der Waals surface area contributed by atoms with Crippen molar-refractivity contribution in [1.82, 2.24) is 15.1 Å². The van der Waals surface area contributed by atoms with Gasteiger partial charge in [-0.15, -0.1) is 10.2 Å². The van der Waals surface area contributed by atoms with E-state index in [0.717, 1.165) is 51.4 Å². The summed E-state index contributed by atoms with van der Waals surface area (Å²) in [5, 5.41) is 11.4. The number of hydrogen-bond donors (Lipinski definition) is 1. The van der Waals surface area contributed by atoms with Crippen LogP contribution in [0.5, 0.6) is 0 Å². The molecule has 1 saturated heterocycles. The van der Waals surface area contributed by atoms with Crippen LogP contribution in [0.3, 0.4) is 0 Å². The number of hydrogen-bond acceptors (Lipinski definition) is 7. The lowest BCUT2D eigenvalue weighted by molar-refractivity contribution is -0.113. The summed E-state index contributed by atoms with van der Waals surface area (Å²) in [5.41, 5.74) is 2.03. The summed E-state index contributed by atoms with van der Waals surface area (Å²) in [5.74, 6) is 1.30. The van der Waals surface area contributed by atoms with E-state index in [1.807, 2.05) is 12.1 Å². The zero-order valence-electron chi connectivity index (χ0n) is 14.5. The number of nitrogens with zero attached hydrogens (tertiary/aromatic N) is 3. The Labute approximate surface area is 156 Å². The van der Waals surface area contributed by atoms with Crippen molar-refractivity contribution in [2.24, 2.45) is 0 Å². The number of carbonyl (C=O) groups is 1. The average molecular weight is 374 g/mol. The molecule has 2 fully saturated rings. The van der Waals surface area contributed by atoms with Gasteiger partial charge < -0.3 is 14.5 Å². The van der Waals surface area contributed by atoms with Crippen LogP contribution < -0.4 is 5.32 Å². The Morgan fingerprint density at radius 3 is 2.69 bits per heavy atom. The summed E-state index contributed by atoms with van der Waals surface area (Å²) in [6.45, 7) is 4.44. The van der Waals surface area contributed by atoms with E-state index in [1.165, 1.54) is 17.3 Å². The molecule has 2 heterocycles. The van der Waals surface area contributed by atoms with E-state index in [4.69, 9.17) is 9.15 Å². The van der Waals surface area contributed by atoms with Crippen LogP contribution in [0.2, 0.25) is 0 Å². The highest BCUT2D eigenvalue weighted by atomic mass is 32.2. The molecule has 1 N–H and O–H groups in total. The van der Waals surface area contributed by atoms with Crippen molar-refractivity contribution in [3.63, 3.8) is 0 Å². The molecule has 1 amide bonds. The molecule has 1 saturated carbocycles. The topological polar surface area (TPSA) is 80.5 Å². The van der Waals surface area contributed by atoms with Crippen LogP contribution in [-0.4, -0.2) is 53.1 Å². The Hall–Kier alpha value is -1.90. The van der Waals surface area contributed by atoms with E-state index in [1.54, 1.807) is 0 Å². The number of aromatic nitrogens is 2. The van der Waals surface area contributed by atoms with E-state index >= 15 is 0 Å². The molecule has 2 aromatic rings. The molecule has 2 aliphatic rings. The van der Waals surface area contributed by atoms with Gasteiger partial charge in [0.25, 0.3) is 5.22 Å². The molecule has 0 radical (unpaired) electrons. The van der Waals surface area contributed by atoms with E-state index in [0.29, 0.717) is 17.0 Å². The van der Waals surface area contributed by atoms with Crippen LogP contribution in [0.1, 0.15) is 30.2 Å². The second-order valence-electron chi connectivity index (χ2n) is 6.60. The van der Waals surface area contributed by atoms with Gasteiger partial charge in [0, 0.05) is 31.2 Å². The third-order valence-corrected chi connectivity index (χ3v) is 5.24. The Morgan fingerprint density at radius 1 is 1.19 bits per heavy atom. The second-order valence-corrected chi connectivity index (χ2v) is 7.53. The molecule has 0 spiro atoms. The van der Waals surface area contributed by atoms with Gasteiger partial charge in [-0.3, -0.25) is 9.69 Å². The minimum atomic E-state index is -0.0814. The number of thioether (sulfide) groups is 1. The first-order chi connectivity index (χ1) is 12.8. The Balaban J connectivity index is 1.23. The van der Waals surface area contributed by atoms with Crippen molar-refractivity contribution >= 4 is 23.4 Å². The fourth-order valence-corrected chi connectivity index (χ4v) is 3.38. The van der Waals surface area contributed by atoms with Gasteiger partial charge in [-0.25, -0.2) is 0 Å². The predicted molar refractivity (Wildman–Crippen MR) is 98.2 cm³/mol. The first kappa shape index (κ1) is 17.5. The predicted octanol–water partition coefficient (Wildman–Crippen LogP) is 2.51. The van der Waals surface area contributed by atoms with Gasteiger partial charge >= 0.3 is 0 Å². The second kappa shape index (κ2) is 8.20. The number of rotatable bonds is 7. The molecule has 1 aliphatic carbocycles. The van der Waals surface area contributed by atoms with Crippen LogP contribution in [0.4, 0.5) is 5.69 Å². The maximum absolute atomic E-state index is 12.1. The zero-order chi connectivity index (χ0) is 17.8. The lowest BCUT2D eigenvalue weighted by Gasteiger charge is -2.26. The molecule has 0 atom stereocenters. The first-order valence-electron chi connectivity index (χ1n) is 8.91. The molecular weight excluding hydrogens is 352 g/mol. The van der Waals surface area contributed by atoms with E-state index < -0.39 is 0 Å². The van der Waals surface area contributed by atoms with E-state index in [9.17, 15) is 4.79 Å². The van der Waals surface area contributed by atoms with Crippen molar-refractivity contribution in [2.75, 3.05) is 37.4 Å². The van der Waals surface area contributed by atoms with Gasteiger partial charge in [-0.1, -0.05) is 23.9 Å². The lowest BCUT2D eigenvalue weighted by Crippen LogP contribution is -2.35. The fourth-order valence-electron chi connectivity index (χ4n) is 2.81. The number of amides is 1. The number of anilines is 1. The van der Waals surface area contributed by atoms with Crippen LogP contribution in [0, 0.1) is 0 Å². The maximum Gasteiger partial charge on any atom is 0.277 e. The van der Waals surface area contributed by atoms with Crippen molar-refractivity contribution < 1.29 is 13.9 Å². The van der Waals surface area contributed by atoms with Gasteiger partial charge in [0.1, 0.15) is 0 Å². The fraction of sp³-hybridized carbons (Fsp3) is 0.500. The van der Waals surface area contributed by atoms with E-state index in [-0.39, 0.29) is 11.7 Å². The quantitative estimate of drug-likeness (QED) is 0.746. The van der Waals surface area contributed by atoms with Crippen LogP contribution in [0.25, 0.3) is 0 Å². The highest BCUT2D eigenvalue weighted by Gasteiger charge is 2.29. The average Bonchev–Trinajstić information content (AvgIpc) is 3.41. The molecule has 1 aromatic heterocycles. The molecule has 138 valence electrons. The number of morpholine rings is 1. The molecule has 1 aromatic carbocycles. The Bertz CT molecular complexity index is 739. The minimum Gasteiger partial charge on any atom is -0.416 e. The molecule has 26 heavy (non-hydrogen) atoms. The zero-order valence-corrected chi connectivity index (χ0v) is 15.3. The molecular formula is C18H22N4O3S. The van der Waals surface area contributed by atoms with Gasteiger partial charge in [0.2, 0.25) is 11.8 Å². The van der Waals surface area contributed by atoms with Gasteiger partial charge in [-0.05, 0) is 30.5 Å². The van der Waals surface area contributed by atoms with Gasteiger partial charge in [0.05, 0.1) is 19.0 Å². The smallest absolute Gasteiger partial charge is 0.277 e. The largest absolute Gasteiger partial charge is 0.416 e. The summed E-state index contributed by atoms with van der Waals surface area (Å²) < 4.78 is 10.9. The maximum atomic E-state index is 12.1. The Morgan fingerprint density at radius 2 is 1.96 bits per heavy atom. The highest BCUT2D eigenvalue weighted by Crippen LogP contribution is 2.39. The standard InChI is InChI=1S/C18H22N4O3S/c23-16(12-26-18-21-20-17(25-18)14-3-4-14)19-15-5-1-13(2-6-15)11-22-7-9-24-10-8-22/h1-2,5-6,14H,3-4,7-12H2,(H,19,23). The van der Waals surface area contributed by atoms with Crippen molar-refractivity contribution in [3.05, 3.63) is 35.7 Å². The molecule has 0 bridgehead atoms. The van der Waals surface area contributed by atoms with Gasteiger partial charge in [-0.2, -0.15) is 0 Å². The van der Waals surface area contributed by atoms with Crippen LogP contribution in [-0.2, 0) is 16.1 Å². The number of benzene rings is 1. The normalized spacial score (nSPS) is 18.0. The van der Waals surface area contributed by atoms with Crippen LogP contribution >= 0.6 is 11.8 Å². The monoisotopic (exact) mass is 374 g/mol. The third kappa shape index (κ3) is 4.84. The first-order valence-corrected chi connectivity index (χ1v) is 9.90. The van der Waals surface area contributed by atoms with Crippen molar-refractivity contribution in [1.29, 1.82) is 0 Å². The number of ether oxygens (including phenoxy) is 1. The van der Waals surface area contributed by atoms with E-state index in [2.05, 4.69) is 32.5 Å². The van der Waals surface area contributed by atoms with Crippen molar-refractivity contribution in [3.8, 4) is 0 Å². The molecule has 8 heteroatoms. The number of carbonyl (C=O) groups excluding carboxylic acids is 1. The Kier molecular flexibility index (Phi) is 5.52. The van der Waals surface area contributed by atoms with Gasteiger partial charge in [0.15, 0.2) is 0 Å².